The first-order valence-electron chi connectivity index (χ1n) is 29.7. The number of ether oxygens (including phenoxy) is 3. The summed E-state index contributed by atoms with van der Waals surface area (Å²) in [5.74, 6) is 0.816. The second-order valence-electron chi connectivity index (χ2n) is 21.6. The third kappa shape index (κ3) is 53.4. The minimum atomic E-state index is -0.763. The fourth-order valence-corrected chi connectivity index (χ4v) is 9.23. The van der Waals surface area contributed by atoms with Gasteiger partial charge in [0.1, 0.15) is 13.2 Å². The van der Waals surface area contributed by atoms with E-state index in [1.54, 1.807) is 0 Å². The summed E-state index contributed by atoms with van der Waals surface area (Å²) in [5, 5.41) is 0. The number of carbonyl (C=O) groups excluding carboxylic acids is 3. The van der Waals surface area contributed by atoms with Gasteiger partial charge in [-0.1, -0.05) is 298 Å². The second kappa shape index (κ2) is 52.8. The van der Waals surface area contributed by atoms with Crippen LogP contribution in [0, 0.1) is 11.8 Å². The van der Waals surface area contributed by atoms with Crippen molar-refractivity contribution in [2.75, 3.05) is 13.2 Å². The molecule has 0 N–H and O–H groups in total. The maximum atomic E-state index is 12.8. The molecule has 0 saturated heterocycles. The highest BCUT2D eigenvalue weighted by Crippen LogP contribution is 2.18. The van der Waals surface area contributed by atoms with Crippen LogP contribution in [0.4, 0.5) is 0 Å². The number of hydrogen-bond donors (Lipinski definition) is 0. The van der Waals surface area contributed by atoms with E-state index in [2.05, 4.69) is 34.6 Å². The van der Waals surface area contributed by atoms with E-state index in [1.807, 2.05) is 0 Å². The lowest BCUT2D eigenvalue weighted by atomic mass is 10.0. The Hall–Kier alpha value is -1.59. The van der Waals surface area contributed by atoms with E-state index in [0.29, 0.717) is 19.3 Å². The number of unbranched alkanes of at least 4 members (excludes halogenated alkanes) is 39. The van der Waals surface area contributed by atoms with Gasteiger partial charge in [0.15, 0.2) is 6.10 Å². The molecule has 0 rings (SSSR count). The van der Waals surface area contributed by atoms with Gasteiger partial charge >= 0.3 is 17.9 Å². The fourth-order valence-electron chi connectivity index (χ4n) is 9.23. The average Bonchev–Trinajstić information content (AvgIpc) is 3.29. The van der Waals surface area contributed by atoms with Crippen molar-refractivity contribution >= 4 is 17.9 Å². The molecule has 0 amide bonds. The summed E-state index contributed by atoms with van der Waals surface area (Å²) in [7, 11) is 0. The van der Waals surface area contributed by atoms with Crippen LogP contribution in [0.15, 0.2) is 0 Å². The number of esters is 3. The van der Waals surface area contributed by atoms with Crippen molar-refractivity contribution in [3.8, 4) is 0 Å². The van der Waals surface area contributed by atoms with Gasteiger partial charge in [-0.2, -0.15) is 0 Å². The zero-order chi connectivity index (χ0) is 48.2. The molecule has 0 aliphatic carbocycles. The van der Waals surface area contributed by atoms with E-state index < -0.39 is 6.10 Å². The molecular formula is C60H116O6. The van der Waals surface area contributed by atoms with E-state index in [4.69, 9.17) is 14.2 Å². The standard InChI is InChI=1S/C60H116O6/c1-6-7-8-9-10-11-12-13-14-15-16-19-22-25-30-35-40-45-50-58(61)64-53-57(66-60(63)52-47-42-37-32-27-29-34-39-44-49-56(4)5)54-65-59(62)51-46-41-36-31-26-23-20-17-18-21-24-28-33-38-43-48-55(2)3/h55-57H,6-54H2,1-5H3/t57-/m1/s1. The van der Waals surface area contributed by atoms with E-state index in [9.17, 15) is 14.4 Å². The highest BCUT2D eigenvalue weighted by Gasteiger charge is 2.19. The predicted molar refractivity (Wildman–Crippen MR) is 284 cm³/mol. The summed E-state index contributed by atoms with van der Waals surface area (Å²) in [6, 6.07) is 0. The lowest BCUT2D eigenvalue weighted by Gasteiger charge is -2.18. The van der Waals surface area contributed by atoms with Crippen molar-refractivity contribution in [2.24, 2.45) is 11.8 Å². The molecule has 66 heavy (non-hydrogen) atoms. The van der Waals surface area contributed by atoms with Crippen molar-refractivity contribution in [3.63, 3.8) is 0 Å². The molecule has 1 atom stereocenters. The zero-order valence-electron chi connectivity index (χ0n) is 45.3. The van der Waals surface area contributed by atoms with Crippen LogP contribution in [-0.2, 0) is 28.6 Å². The molecule has 6 heteroatoms. The Morgan fingerprint density at radius 1 is 0.288 bits per heavy atom. The molecule has 0 aliphatic heterocycles. The van der Waals surface area contributed by atoms with Crippen molar-refractivity contribution < 1.29 is 28.6 Å². The number of hydrogen-bond acceptors (Lipinski definition) is 6. The second-order valence-corrected chi connectivity index (χ2v) is 21.6. The van der Waals surface area contributed by atoms with Crippen LogP contribution in [0.3, 0.4) is 0 Å². The van der Waals surface area contributed by atoms with Crippen LogP contribution in [0.2, 0.25) is 0 Å². The van der Waals surface area contributed by atoms with Crippen molar-refractivity contribution in [2.45, 2.75) is 343 Å². The highest BCUT2D eigenvalue weighted by atomic mass is 16.6. The van der Waals surface area contributed by atoms with Gasteiger partial charge in [0.2, 0.25) is 0 Å². The number of rotatable bonds is 54. The van der Waals surface area contributed by atoms with Gasteiger partial charge in [-0.05, 0) is 31.1 Å². The highest BCUT2D eigenvalue weighted by molar-refractivity contribution is 5.71. The number of carbonyl (C=O) groups is 3. The van der Waals surface area contributed by atoms with Crippen molar-refractivity contribution in [3.05, 3.63) is 0 Å². The van der Waals surface area contributed by atoms with E-state index >= 15 is 0 Å². The molecule has 0 unspecified atom stereocenters. The largest absolute Gasteiger partial charge is 0.462 e. The lowest BCUT2D eigenvalue weighted by Crippen LogP contribution is -2.30. The Morgan fingerprint density at radius 2 is 0.500 bits per heavy atom. The van der Waals surface area contributed by atoms with Crippen LogP contribution < -0.4 is 0 Å². The third-order valence-corrected chi connectivity index (χ3v) is 13.7. The first-order chi connectivity index (χ1) is 32.2. The smallest absolute Gasteiger partial charge is 0.306 e. The van der Waals surface area contributed by atoms with Gasteiger partial charge in [-0.25, -0.2) is 0 Å². The van der Waals surface area contributed by atoms with Crippen LogP contribution >= 0.6 is 0 Å². The Balaban J connectivity index is 4.25. The minimum absolute atomic E-state index is 0.0629. The molecule has 0 aromatic rings. The first-order valence-corrected chi connectivity index (χ1v) is 29.7. The molecule has 0 aromatic carbocycles. The molecule has 0 aromatic heterocycles. The summed E-state index contributed by atoms with van der Waals surface area (Å²) in [6.07, 6.45) is 56.7. The summed E-state index contributed by atoms with van der Waals surface area (Å²) >= 11 is 0. The molecular weight excluding hydrogens is 817 g/mol. The van der Waals surface area contributed by atoms with Crippen LogP contribution in [0.1, 0.15) is 336 Å². The van der Waals surface area contributed by atoms with Gasteiger partial charge in [0.05, 0.1) is 0 Å². The first kappa shape index (κ1) is 64.4. The topological polar surface area (TPSA) is 78.9 Å². The van der Waals surface area contributed by atoms with Gasteiger partial charge in [0.25, 0.3) is 0 Å². The quantitative estimate of drug-likeness (QED) is 0.0343. The van der Waals surface area contributed by atoms with Gasteiger partial charge in [-0.3, -0.25) is 14.4 Å². The average molecular weight is 934 g/mol. The fraction of sp³-hybridized carbons (Fsp3) is 0.950. The Morgan fingerprint density at radius 3 is 0.742 bits per heavy atom. The maximum Gasteiger partial charge on any atom is 0.306 e. The Kier molecular flexibility index (Phi) is 51.5. The monoisotopic (exact) mass is 933 g/mol. The molecule has 0 saturated carbocycles. The van der Waals surface area contributed by atoms with Crippen molar-refractivity contribution in [1.82, 2.24) is 0 Å². The Bertz CT molecular complexity index is 1010. The van der Waals surface area contributed by atoms with Gasteiger partial charge < -0.3 is 14.2 Å². The third-order valence-electron chi connectivity index (χ3n) is 13.7. The van der Waals surface area contributed by atoms with Crippen LogP contribution in [0.25, 0.3) is 0 Å². The molecule has 0 spiro atoms. The molecule has 0 bridgehead atoms. The van der Waals surface area contributed by atoms with Crippen molar-refractivity contribution in [1.29, 1.82) is 0 Å². The molecule has 0 heterocycles. The Labute approximate surface area is 412 Å². The zero-order valence-corrected chi connectivity index (χ0v) is 45.3. The van der Waals surface area contributed by atoms with E-state index in [-0.39, 0.29) is 31.1 Å². The van der Waals surface area contributed by atoms with Crippen LogP contribution in [-0.4, -0.2) is 37.2 Å². The van der Waals surface area contributed by atoms with Gasteiger partial charge in [-0.15, -0.1) is 0 Å². The molecule has 6 nitrogen and oxygen atoms in total. The SMILES string of the molecule is CCCCCCCCCCCCCCCCCCCCC(=O)OC[C@H](COC(=O)CCCCCCCCCCCCCCCCCC(C)C)OC(=O)CCCCCCCCCCCC(C)C. The van der Waals surface area contributed by atoms with Crippen LogP contribution in [0.5, 0.6) is 0 Å². The summed E-state index contributed by atoms with van der Waals surface area (Å²) in [4.78, 5) is 38.2. The summed E-state index contributed by atoms with van der Waals surface area (Å²) in [6.45, 7) is 11.4. The van der Waals surface area contributed by atoms with E-state index in [1.165, 1.54) is 225 Å². The lowest BCUT2D eigenvalue weighted by molar-refractivity contribution is -0.167. The molecule has 0 fully saturated rings. The summed E-state index contributed by atoms with van der Waals surface area (Å²) in [5.41, 5.74) is 0. The minimum Gasteiger partial charge on any atom is -0.462 e. The maximum absolute atomic E-state index is 12.8. The predicted octanol–water partition coefficient (Wildman–Crippen LogP) is 19.7. The molecule has 392 valence electrons. The van der Waals surface area contributed by atoms with Gasteiger partial charge in [0, 0.05) is 19.3 Å². The molecule has 0 radical (unpaired) electrons. The summed E-state index contributed by atoms with van der Waals surface area (Å²) < 4.78 is 16.9. The molecule has 0 aliphatic rings. The normalized spacial score (nSPS) is 12.0. The van der Waals surface area contributed by atoms with E-state index in [0.717, 1.165) is 69.6 Å².